The van der Waals surface area contributed by atoms with Crippen LogP contribution in [0.3, 0.4) is 0 Å². The zero-order valence-corrected chi connectivity index (χ0v) is 12.6. The van der Waals surface area contributed by atoms with E-state index in [2.05, 4.69) is 15.5 Å². The first-order valence-electron chi connectivity index (χ1n) is 6.72. The summed E-state index contributed by atoms with van der Waals surface area (Å²) in [7, 11) is 0. The van der Waals surface area contributed by atoms with Gasteiger partial charge in [-0.15, -0.1) is 0 Å². The van der Waals surface area contributed by atoms with Gasteiger partial charge in [-0.1, -0.05) is 29.8 Å². The van der Waals surface area contributed by atoms with Crippen molar-refractivity contribution < 1.29 is 4.92 Å². The Balaban J connectivity index is 1.77. The summed E-state index contributed by atoms with van der Waals surface area (Å²) in [5, 5.41) is 16.0. The van der Waals surface area contributed by atoms with Crippen molar-refractivity contribution in [2.75, 3.05) is 5.43 Å². The minimum Gasteiger partial charge on any atom is -0.278 e. The molecule has 0 amide bonds. The first-order valence-corrected chi connectivity index (χ1v) is 7.10. The van der Waals surface area contributed by atoms with Gasteiger partial charge in [-0.2, -0.15) is 5.10 Å². The number of nitrogens with zero attached hydrogens (tertiary/aromatic N) is 3. The lowest BCUT2D eigenvalue weighted by molar-refractivity contribution is -0.384. The standard InChI is InChI=1S/C16H11ClN4O2/c17-16-12(9-11-3-1-2-4-15(11)19-16)10-18-20-13-5-7-14(8-6-13)21(22)23/h1-10,20H/b18-10+. The highest BCUT2D eigenvalue weighted by molar-refractivity contribution is 6.32. The van der Waals surface area contributed by atoms with Crippen molar-refractivity contribution in [3.05, 3.63) is 75.4 Å². The first kappa shape index (κ1) is 14.9. The van der Waals surface area contributed by atoms with E-state index in [1.54, 1.807) is 18.3 Å². The van der Waals surface area contributed by atoms with Gasteiger partial charge in [0.15, 0.2) is 0 Å². The minimum absolute atomic E-state index is 0.0290. The maximum absolute atomic E-state index is 10.6. The van der Waals surface area contributed by atoms with Gasteiger partial charge in [0.1, 0.15) is 5.15 Å². The number of rotatable bonds is 4. The normalized spacial score (nSPS) is 11.0. The number of para-hydroxylation sites is 1. The summed E-state index contributed by atoms with van der Waals surface area (Å²) in [5.41, 5.74) is 4.96. The number of halogens is 1. The predicted molar refractivity (Wildman–Crippen MR) is 91.1 cm³/mol. The van der Waals surface area contributed by atoms with E-state index in [0.29, 0.717) is 16.4 Å². The van der Waals surface area contributed by atoms with Crippen LogP contribution in [0.2, 0.25) is 5.15 Å². The average Bonchev–Trinajstić information content (AvgIpc) is 2.56. The Kier molecular flexibility index (Phi) is 4.16. The molecule has 0 saturated heterocycles. The van der Waals surface area contributed by atoms with E-state index < -0.39 is 4.92 Å². The van der Waals surface area contributed by atoms with Gasteiger partial charge in [0.05, 0.1) is 22.3 Å². The van der Waals surface area contributed by atoms with E-state index in [0.717, 1.165) is 10.9 Å². The van der Waals surface area contributed by atoms with Crippen molar-refractivity contribution >= 4 is 40.1 Å². The highest BCUT2D eigenvalue weighted by Gasteiger charge is 2.04. The van der Waals surface area contributed by atoms with Crippen molar-refractivity contribution in [1.82, 2.24) is 4.98 Å². The predicted octanol–water partition coefficient (Wildman–Crippen LogP) is 4.24. The molecule has 1 N–H and O–H groups in total. The lowest BCUT2D eigenvalue weighted by atomic mass is 10.2. The molecule has 2 aromatic carbocycles. The molecular formula is C16H11ClN4O2. The highest BCUT2D eigenvalue weighted by Crippen LogP contribution is 2.19. The van der Waals surface area contributed by atoms with E-state index in [-0.39, 0.29) is 5.69 Å². The summed E-state index contributed by atoms with van der Waals surface area (Å²) in [6, 6.07) is 15.5. The van der Waals surface area contributed by atoms with E-state index in [1.807, 2.05) is 30.3 Å². The Labute approximate surface area is 136 Å². The number of benzene rings is 2. The number of pyridine rings is 1. The summed E-state index contributed by atoms with van der Waals surface area (Å²) in [6.07, 6.45) is 1.56. The van der Waals surface area contributed by atoms with Crippen LogP contribution in [0.25, 0.3) is 10.9 Å². The van der Waals surface area contributed by atoms with Crippen molar-refractivity contribution in [3.63, 3.8) is 0 Å². The molecule has 0 spiro atoms. The van der Waals surface area contributed by atoms with Gasteiger partial charge in [-0.25, -0.2) is 4.98 Å². The summed E-state index contributed by atoms with van der Waals surface area (Å²) in [6.45, 7) is 0. The molecule has 0 atom stereocenters. The largest absolute Gasteiger partial charge is 0.278 e. The molecule has 23 heavy (non-hydrogen) atoms. The van der Waals surface area contributed by atoms with Gasteiger partial charge in [0.25, 0.3) is 5.69 Å². The quantitative estimate of drug-likeness (QED) is 0.336. The number of nitro groups is 1. The van der Waals surface area contributed by atoms with Crippen LogP contribution >= 0.6 is 11.6 Å². The van der Waals surface area contributed by atoms with E-state index >= 15 is 0 Å². The first-order chi connectivity index (χ1) is 11.1. The molecular weight excluding hydrogens is 316 g/mol. The molecule has 114 valence electrons. The lowest BCUT2D eigenvalue weighted by Crippen LogP contribution is -1.94. The van der Waals surface area contributed by atoms with Crippen LogP contribution in [0.15, 0.2) is 59.7 Å². The molecule has 0 bridgehead atoms. The number of hydrogen-bond acceptors (Lipinski definition) is 5. The van der Waals surface area contributed by atoms with Crippen LogP contribution < -0.4 is 5.43 Å². The lowest BCUT2D eigenvalue weighted by Gasteiger charge is -2.02. The van der Waals surface area contributed by atoms with Gasteiger partial charge < -0.3 is 0 Å². The van der Waals surface area contributed by atoms with Gasteiger partial charge in [-0.05, 0) is 24.3 Å². The topological polar surface area (TPSA) is 80.4 Å². The fourth-order valence-corrected chi connectivity index (χ4v) is 2.23. The molecule has 1 heterocycles. The number of hydrazone groups is 1. The molecule has 6 nitrogen and oxygen atoms in total. The summed E-state index contributed by atoms with van der Waals surface area (Å²) in [4.78, 5) is 14.4. The zero-order valence-electron chi connectivity index (χ0n) is 11.8. The van der Waals surface area contributed by atoms with Crippen LogP contribution in [0, 0.1) is 10.1 Å². The maximum atomic E-state index is 10.6. The number of anilines is 1. The monoisotopic (exact) mass is 326 g/mol. The summed E-state index contributed by atoms with van der Waals surface area (Å²) >= 11 is 6.14. The highest BCUT2D eigenvalue weighted by atomic mass is 35.5. The average molecular weight is 327 g/mol. The third kappa shape index (κ3) is 3.44. The Morgan fingerprint density at radius 2 is 1.91 bits per heavy atom. The Bertz CT molecular complexity index is 894. The van der Waals surface area contributed by atoms with Crippen LogP contribution in [0.4, 0.5) is 11.4 Å². The number of aromatic nitrogens is 1. The summed E-state index contributed by atoms with van der Waals surface area (Å²) in [5.74, 6) is 0. The van der Waals surface area contributed by atoms with Crippen molar-refractivity contribution in [2.24, 2.45) is 5.10 Å². The van der Waals surface area contributed by atoms with Crippen LogP contribution in [0.5, 0.6) is 0 Å². The second-order valence-corrected chi connectivity index (χ2v) is 5.09. The Morgan fingerprint density at radius 1 is 1.17 bits per heavy atom. The Morgan fingerprint density at radius 3 is 2.65 bits per heavy atom. The smallest absolute Gasteiger partial charge is 0.269 e. The number of hydrogen-bond donors (Lipinski definition) is 1. The molecule has 3 aromatic rings. The Hall–Kier alpha value is -2.99. The third-order valence-corrected chi connectivity index (χ3v) is 3.48. The van der Waals surface area contributed by atoms with Crippen molar-refractivity contribution in [2.45, 2.75) is 0 Å². The molecule has 1 aromatic heterocycles. The van der Waals surface area contributed by atoms with Gasteiger partial charge in [0, 0.05) is 23.1 Å². The van der Waals surface area contributed by atoms with E-state index in [9.17, 15) is 10.1 Å². The summed E-state index contributed by atoms with van der Waals surface area (Å²) < 4.78 is 0. The molecule has 7 heteroatoms. The van der Waals surface area contributed by atoms with Crippen molar-refractivity contribution in [1.29, 1.82) is 0 Å². The number of non-ortho nitro benzene ring substituents is 1. The van der Waals surface area contributed by atoms with Gasteiger partial charge in [0.2, 0.25) is 0 Å². The van der Waals surface area contributed by atoms with Crippen LogP contribution in [0.1, 0.15) is 5.56 Å². The second-order valence-electron chi connectivity index (χ2n) is 4.74. The molecule has 0 fully saturated rings. The van der Waals surface area contributed by atoms with Crippen LogP contribution in [-0.2, 0) is 0 Å². The molecule has 0 aliphatic rings. The molecule has 0 aliphatic carbocycles. The maximum Gasteiger partial charge on any atom is 0.269 e. The number of fused-ring (bicyclic) bond motifs is 1. The fraction of sp³-hybridized carbons (Fsp3) is 0. The minimum atomic E-state index is -0.451. The number of nitro benzene ring substituents is 1. The molecule has 0 unspecified atom stereocenters. The van der Waals surface area contributed by atoms with Gasteiger partial charge >= 0.3 is 0 Å². The van der Waals surface area contributed by atoms with E-state index in [1.165, 1.54) is 12.1 Å². The molecule has 0 aliphatic heterocycles. The van der Waals surface area contributed by atoms with Crippen LogP contribution in [-0.4, -0.2) is 16.1 Å². The SMILES string of the molecule is O=[N+]([O-])c1ccc(N/N=C/c2cc3ccccc3nc2Cl)cc1. The second kappa shape index (κ2) is 6.41. The fourth-order valence-electron chi connectivity index (χ4n) is 2.03. The van der Waals surface area contributed by atoms with Gasteiger partial charge in [-0.3, -0.25) is 15.5 Å². The molecule has 0 radical (unpaired) electrons. The molecule has 0 saturated carbocycles. The third-order valence-electron chi connectivity index (χ3n) is 3.18. The zero-order chi connectivity index (χ0) is 16.2. The molecule has 3 rings (SSSR count). The number of nitrogens with one attached hydrogen (secondary N) is 1. The van der Waals surface area contributed by atoms with Crippen molar-refractivity contribution in [3.8, 4) is 0 Å². The van der Waals surface area contributed by atoms with E-state index in [4.69, 9.17) is 11.6 Å².